The number of hydrogen-bond acceptors (Lipinski definition) is 3. The molecule has 3 rings (SSSR count). The molecule has 0 spiro atoms. The SMILES string of the molecule is COc1ccc2c(c1)C(O)C(N1CCCCC1C)CC2. The monoisotopic (exact) mass is 275 g/mol. The predicted octanol–water partition coefficient (Wildman–Crippen LogP) is 2.92. The third kappa shape index (κ3) is 2.45. The largest absolute Gasteiger partial charge is 0.497 e. The van der Waals surface area contributed by atoms with E-state index >= 15 is 0 Å². The Kier molecular flexibility index (Phi) is 3.99. The van der Waals surface area contributed by atoms with Crippen molar-refractivity contribution in [3.05, 3.63) is 29.3 Å². The molecule has 1 aromatic rings. The number of hydrogen-bond donors (Lipinski definition) is 1. The van der Waals surface area contributed by atoms with E-state index in [1.807, 2.05) is 12.1 Å². The van der Waals surface area contributed by atoms with Crippen LogP contribution in [0, 0.1) is 0 Å². The number of nitrogens with zero attached hydrogens (tertiary/aromatic N) is 1. The average molecular weight is 275 g/mol. The molecule has 0 amide bonds. The Morgan fingerprint density at radius 1 is 1.25 bits per heavy atom. The van der Waals surface area contributed by atoms with Crippen LogP contribution < -0.4 is 4.74 Å². The first-order chi connectivity index (χ1) is 9.70. The standard InChI is InChI=1S/C17H25NO2/c1-12-5-3-4-10-18(12)16-9-7-13-6-8-14(20-2)11-15(13)17(16)19/h6,8,11-12,16-17,19H,3-5,7,9-10H2,1-2H3. The second kappa shape index (κ2) is 5.74. The summed E-state index contributed by atoms with van der Waals surface area (Å²) in [6, 6.07) is 6.98. The van der Waals surface area contributed by atoms with Crippen molar-refractivity contribution in [2.45, 2.75) is 57.2 Å². The lowest BCUT2D eigenvalue weighted by molar-refractivity contribution is 0.00152. The second-order valence-corrected chi connectivity index (χ2v) is 6.20. The number of rotatable bonds is 2. The molecule has 0 aromatic heterocycles. The molecule has 1 aliphatic carbocycles. The van der Waals surface area contributed by atoms with Gasteiger partial charge in [0.1, 0.15) is 5.75 Å². The zero-order chi connectivity index (χ0) is 14.1. The highest BCUT2D eigenvalue weighted by atomic mass is 16.5. The number of aliphatic hydroxyl groups excluding tert-OH is 1. The highest BCUT2D eigenvalue weighted by Crippen LogP contribution is 2.37. The number of fused-ring (bicyclic) bond motifs is 1. The molecule has 1 saturated heterocycles. The molecule has 3 unspecified atom stereocenters. The van der Waals surface area contributed by atoms with Gasteiger partial charge in [-0.05, 0) is 62.4 Å². The van der Waals surface area contributed by atoms with E-state index in [0.29, 0.717) is 6.04 Å². The van der Waals surface area contributed by atoms with Gasteiger partial charge >= 0.3 is 0 Å². The van der Waals surface area contributed by atoms with Gasteiger partial charge in [-0.3, -0.25) is 4.90 Å². The van der Waals surface area contributed by atoms with E-state index in [-0.39, 0.29) is 12.1 Å². The minimum Gasteiger partial charge on any atom is -0.497 e. The zero-order valence-electron chi connectivity index (χ0n) is 12.5. The number of methoxy groups -OCH3 is 1. The van der Waals surface area contributed by atoms with Gasteiger partial charge in [-0.1, -0.05) is 12.5 Å². The fourth-order valence-electron chi connectivity index (χ4n) is 3.83. The van der Waals surface area contributed by atoms with Crippen molar-refractivity contribution in [1.29, 1.82) is 0 Å². The molecule has 1 heterocycles. The summed E-state index contributed by atoms with van der Waals surface area (Å²) in [7, 11) is 1.68. The number of aryl methyl sites for hydroxylation is 1. The van der Waals surface area contributed by atoms with E-state index in [1.54, 1.807) is 7.11 Å². The normalized spacial score (nSPS) is 30.9. The quantitative estimate of drug-likeness (QED) is 0.901. The molecule has 1 fully saturated rings. The van der Waals surface area contributed by atoms with Crippen LogP contribution in [0.1, 0.15) is 49.8 Å². The molecular weight excluding hydrogens is 250 g/mol. The average Bonchev–Trinajstić information content (AvgIpc) is 2.48. The van der Waals surface area contributed by atoms with E-state index < -0.39 is 0 Å². The summed E-state index contributed by atoms with van der Waals surface area (Å²) in [5, 5.41) is 10.8. The maximum atomic E-state index is 10.8. The Morgan fingerprint density at radius 2 is 2.10 bits per heavy atom. The van der Waals surface area contributed by atoms with Crippen LogP contribution in [0.3, 0.4) is 0 Å². The Balaban J connectivity index is 1.85. The van der Waals surface area contributed by atoms with E-state index in [1.165, 1.54) is 24.8 Å². The molecule has 1 N–H and O–H groups in total. The van der Waals surface area contributed by atoms with E-state index in [0.717, 1.165) is 30.7 Å². The molecule has 0 radical (unpaired) electrons. The van der Waals surface area contributed by atoms with Gasteiger partial charge in [0.15, 0.2) is 0 Å². The summed E-state index contributed by atoms with van der Waals surface area (Å²) in [4.78, 5) is 2.52. The topological polar surface area (TPSA) is 32.7 Å². The fourth-order valence-corrected chi connectivity index (χ4v) is 3.83. The van der Waals surface area contributed by atoms with Gasteiger partial charge < -0.3 is 9.84 Å². The maximum absolute atomic E-state index is 10.8. The van der Waals surface area contributed by atoms with Gasteiger partial charge in [0.2, 0.25) is 0 Å². The van der Waals surface area contributed by atoms with Crippen LogP contribution in [-0.2, 0) is 6.42 Å². The van der Waals surface area contributed by atoms with Crippen LogP contribution in [0.2, 0.25) is 0 Å². The van der Waals surface area contributed by atoms with Crippen molar-refractivity contribution in [3.63, 3.8) is 0 Å². The Morgan fingerprint density at radius 3 is 2.85 bits per heavy atom. The van der Waals surface area contributed by atoms with Crippen molar-refractivity contribution in [2.24, 2.45) is 0 Å². The smallest absolute Gasteiger partial charge is 0.119 e. The van der Waals surface area contributed by atoms with Gasteiger partial charge in [-0.25, -0.2) is 0 Å². The zero-order valence-corrected chi connectivity index (χ0v) is 12.5. The molecule has 20 heavy (non-hydrogen) atoms. The predicted molar refractivity (Wildman–Crippen MR) is 80.1 cm³/mol. The van der Waals surface area contributed by atoms with Gasteiger partial charge in [0.25, 0.3) is 0 Å². The van der Waals surface area contributed by atoms with Crippen molar-refractivity contribution in [2.75, 3.05) is 13.7 Å². The van der Waals surface area contributed by atoms with Crippen LogP contribution >= 0.6 is 0 Å². The Hall–Kier alpha value is -1.06. The first kappa shape index (κ1) is 13.9. The van der Waals surface area contributed by atoms with Gasteiger partial charge in [0, 0.05) is 12.1 Å². The fraction of sp³-hybridized carbons (Fsp3) is 0.647. The van der Waals surface area contributed by atoms with Crippen LogP contribution in [0.4, 0.5) is 0 Å². The number of likely N-dealkylation sites (tertiary alicyclic amines) is 1. The van der Waals surface area contributed by atoms with E-state index in [4.69, 9.17) is 4.74 Å². The molecule has 1 aromatic carbocycles. The molecule has 0 saturated carbocycles. The van der Waals surface area contributed by atoms with Crippen molar-refractivity contribution in [1.82, 2.24) is 4.90 Å². The molecular formula is C17H25NO2. The third-order valence-electron chi connectivity index (χ3n) is 5.03. The molecule has 3 atom stereocenters. The number of benzene rings is 1. The summed E-state index contributed by atoms with van der Waals surface area (Å²) >= 11 is 0. The Bertz CT molecular complexity index is 474. The molecule has 0 bridgehead atoms. The lowest BCUT2D eigenvalue weighted by atomic mass is 9.83. The summed E-state index contributed by atoms with van der Waals surface area (Å²) in [6.45, 7) is 3.43. The summed E-state index contributed by atoms with van der Waals surface area (Å²) in [5.74, 6) is 0.843. The first-order valence-electron chi connectivity index (χ1n) is 7.81. The molecule has 2 aliphatic rings. The summed E-state index contributed by atoms with van der Waals surface area (Å²) in [6.07, 6.45) is 5.58. The van der Waals surface area contributed by atoms with Crippen LogP contribution in [0.15, 0.2) is 18.2 Å². The van der Waals surface area contributed by atoms with E-state index in [9.17, 15) is 5.11 Å². The van der Waals surface area contributed by atoms with E-state index in [2.05, 4.69) is 17.9 Å². The van der Waals surface area contributed by atoms with Crippen molar-refractivity contribution < 1.29 is 9.84 Å². The maximum Gasteiger partial charge on any atom is 0.119 e. The molecule has 3 nitrogen and oxygen atoms in total. The number of aliphatic hydroxyl groups is 1. The minimum absolute atomic E-state index is 0.268. The second-order valence-electron chi connectivity index (χ2n) is 6.20. The first-order valence-corrected chi connectivity index (χ1v) is 7.81. The summed E-state index contributed by atoms with van der Waals surface area (Å²) < 4.78 is 5.31. The highest BCUT2D eigenvalue weighted by Gasteiger charge is 2.35. The molecule has 3 heteroatoms. The van der Waals surface area contributed by atoms with Crippen LogP contribution in [0.5, 0.6) is 5.75 Å². The number of piperidine rings is 1. The van der Waals surface area contributed by atoms with Crippen LogP contribution in [0.25, 0.3) is 0 Å². The molecule has 110 valence electrons. The highest BCUT2D eigenvalue weighted by molar-refractivity contribution is 5.39. The van der Waals surface area contributed by atoms with Crippen LogP contribution in [-0.4, -0.2) is 35.7 Å². The third-order valence-corrected chi connectivity index (χ3v) is 5.03. The molecule has 1 aliphatic heterocycles. The minimum atomic E-state index is -0.380. The lowest BCUT2D eigenvalue weighted by Crippen LogP contribution is -2.49. The van der Waals surface area contributed by atoms with Crippen molar-refractivity contribution >= 4 is 0 Å². The summed E-state index contributed by atoms with van der Waals surface area (Å²) in [5.41, 5.74) is 2.34. The Labute approximate surface area is 121 Å². The van der Waals surface area contributed by atoms with Gasteiger partial charge in [0.05, 0.1) is 13.2 Å². The van der Waals surface area contributed by atoms with Crippen molar-refractivity contribution in [3.8, 4) is 5.75 Å². The van der Waals surface area contributed by atoms with Gasteiger partial charge in [-0.2, -0.15) is 0 Å². The number of ether oxygens (including phenoxy) is 1. The lowest BCUT2D eigenvalue weighted by Gasteiger charge is -2.44. The van der Waals surface area contributed by atoms with Gasteiger partial charge in [-0.15, -0.1) is 0 Å².